The third-order valence-electron chi connectivity index (χ3n) is 11.1. The topological polar surface area (TPSA) is 0 Å². The molecule has 0 atom stereocenters. The van der Waals surface area contributed by atoms with Gasteiger partial charge in [-0.05, 0) is 134 Å². The number of rotatable bonds is 2. The fourth-order valence-corrected chi connectivity index (χ4v) is 8.82. The lowest BCUT2D eigenvalue weighted by atomic mass is 9.89. The van der Waals surface area contributed by atoms with Gasteiger partial charge in [-0.3, -0.25) is 0 Å². The van der Waals surface area contributed by atoms with Crippen LogP contribution < -0.4 is 0 Å². The van der Waals surface area contributed by atoms with E-state index < -0.39 is 0 Å². The maximum absolute atomic E-state index is 2.43. The summed E-state index contributed by atoms with van der Waals surface area (Å²) in [5, 5.41) is 16.0. The van der Waals surface area contributed by atoms with Crippen LogP contribution in [-0.2, 0) is 6.42 Å². The lowest BCUT2D eigenvalue weighted by molar-refractivity contribution is 1.29. The monoisotopic (exact) mass is 618 g/mol. The normalized spacial score (nSPS) is 12.4. The second-order valence-corrected chi connectivity index (χ2v) is 13.6. The Hall–Kier alpha value is -6.24. The van der Waals surface area contributed by atoms with Crippen molar-refractivity contribution in [1.82, 2.24) is 0 Å². The molecule has 0 amide bonds. The van der Waals surface area contributed by atoms with E-state index in [0.29, 0.717) is 0 Å². The summed E-state index contributed by atoms with van der Waals surface area (Å²) in [6, 6.07) is 63.3. The molecule has 0 nitrogen and oxygen atoms in total. The van der Waals surface area contributed by atoms with Crippen LogP contribution >= 0.6 is 0 Å². The molecular formula is C49H30. The molecule has 49 heavy (non-hydrogen) atoms. The van der Waals surface area contributed by atoms with E-state index in [9.17, 15) is 0 Å². The summed E-state index contributed by atoms with van der Waals surface area (Å²) in [7, 11) is 0. The Kier molecular flexibility index (Phi) is 5.54. The van der Waals surface area contributed by atoms with Crippen molar-refractivity contribution in [3.63, 3.8) is 0 Å². The van der Waals surface area contributed by atoms with E-state index in [1.54, 1.807) is 0 Å². The highest BCUT2D eigenvalue weighted by atomic mass is 14.3. The van der Waals surface area contributed by atoms with Gasteiger partial charge in [0.1, 0.15) is 0 Å². The molecule has 0 radical (unpaired) electrons. The third kappa shape index (κ3) is 3.86. The highest BCUT2D eigenvalue weighted by molar-refractivity contribution is 6.27. The zero-order valence-corrected chi connectivity index (χ0v) is 26.9. The van der Waals surface area contributed by atoms with Gasteiger partial charge in [-0.25, -0.2) is 0 Å². The van der Waals surface area contributed by atoms with Crippen LogP contribution in [0.1, 0.15) is 11.1 Å². The summed E-state index contributed by atoms with van der Waals surface area (Å²) in [6.07, 6.45) is 0.963. The Labute approximate surface area is 284 Å². The van der Waals surface area contributed by atoms with E-state index in [-0.39, 0.29) is 0 Å². The van der Waals surface area contributed by atoms with E-state index in [0.717, 1.165) is 6.42 Å². The first kappa shape index (κ1) is 26.8. The van der Waals surface area contributed by atoms with Crippen molar-refractivity contribution >= 4 is 64.6 Å². The maximum Gasteiger partial charge on any atom is -0.000705 e. The third-order valence-corrected chi connectivity index (χ3v) is 11.1. The average molecular weight is 619 g/mol. The standard InChI is InChI=1S/C49H30/c1-2-14-37-35(12-1)36-13-4-6-18-41(36)47-28-33(22-23-42(37)47)31-11-9-10-30(26-31)32-20-21-34-29-48-43(46(34)27-32)24-25-45-40-17-5-3-15-38(40)39-16-7-8-19-44(39)49(45)48/h1-28H,29H2. The van der Waals surface area contributed by atoms with Crippen LogP contribution in [0.15, 0.2) is 170 Å². The SMILES string of the molecule is c1cc(-c2ccc3c(c2)-c2ccc4c5ccccc5c5ccccc5c4c2C3)cc(-c2ccc3c4ccccc4c4ccccc4c3c2)c1. The predicted molar refractivity (Wildman–Crippen MR) is 211 cm³/mol. The van der Waals surface area contributed by atoms with Gasteiger partial charge in [0.25, 0.3) is 0 Å². The summed E-state index contributed by atoms with van der Waals surface area (Å²) in [6.45, 7) is 0. The summed E-state index contributed by atoms with van der Waals surface area (Å²) in [4.78, 5) is 0. The average Bonchev–Trinajstić information content (AvgIpc) is 3.56. The molecule has 0 saturated carbocycles. The van der Waals surface area contributed by atoms with Crippen molar-refractivity contribution in [3.05, 3.63) is 181 Å². The van der Waals surface area contributed by atoms with Crippen LogP contribution in [0.4, 0.5) is 0 Å². The molecule has 10 aromatic rings. The van der Waals surface area contributed by atoms with E-state index in [1.807, 2.05) is 0 Å². The van der Waals surface area contributed by atoms with Gasteiger partial charge in [0.05, 0.1) is 0 Å². The Bertz CT molecular complexity index is 2940. The van der Waals surface area contributed by atoms with E-state index >= 15 is 0 Å². The van der Waals surface area contributed by atoms with Crippen molar-refractivity contribution in [2.24, 2.45) is 0 Å². The van der Waals surface area contributed by atoms with Gasteiger partial charge in [-0.1, -0.05) is 152 Å². The van der Waals surface area contributed by atoms with Gasteiger partial charge in [0.2, 0.25) is 0 Å². The second kappa shape index (κ2) is 10.1. The molecule has 0 bridgehead atoms. The first-order valence-corrected chi connectivity index (χ1v) is 17.2. The molecule has 0 heteroatoms. The van der Waals surface area contributed by atoms with Gasteiger partial charge in [0, 0.05) is 0 Å². The van der Waals surface area contributed by atoms with Crippen LogP contribution in [0.25, 0.3) is 98.0 Å². The molecule has 0 unspecified atom stereocenters. The minimum atomic E-state index is 0.963. The Morgan fingerprint density at radius 3 is 1.31 bits per heavy atom. The summed E-state index contributed by atoms with van der Waals surface area (Å²) in [5.74, 6) is 0. The molecule has 0 N–H and O–H groups in total. The first-order chi connectivity index (χ1) is 24.3. The molecule has 226 valence electrons. The molecule has 0 heterocycles. The number of benzene rings is 10. The van der Waals surface area contributed by atoms with E-state index in [4.69, 9.17) is 0 Å². The molecular weight excluding hydrogens is 589 g/mol. The van der Waals surface area contributed by atoms with Gasteiger partial charge in [-0.15, -0.1) is 0 Å². The molecule has 10 aromatic carbocycles. The van der Waals surface area contributed by atoms with Crippen molar-refractivity contribution in [2.75, 3.05) is 0 Å². The van der Waals surface area contributed by atoms with Crippen LogP contribution in [-0.4, -0.2) is 0 Å². The van der Waals surface area contributed by atoms with Crippen molar-refractivity contribution in [2.45, 2.75) is 6.42 Å². The Morgan fingerprint density at radius 2 is 0.694 bits per heavy atom. The van der Waals surface area contributed by atoms with Gasteiger partial charge >= 0.3 is 0 Å². The number of hydrogen-bond donors (Lipinski definition) is 0. The molecule has 1 aliphatic rings. The quantitative estimate of drug-likeness (QED) is 0.169. The van der Waals surface area contributed by atoms with E-state index in [2.05, 4.69) is 170 Å². The number of fused-ring (bicyclic) bond motifs is 16. The largest absolute Gasteiger partial charge is 0.0616 e. The summed E-state index contributed by atoms with van der Waals surface area (Å²) in [5.41, 5.74) is 10.6. The summed E-state index contributed by atoms with van der Waals surface area (Å²) < 4.78 is 0. The van der Waals surface area contributed by atoms with Gasteiger partial charge in [0.15, 0.2) is 0 Å². The van der Waals surface area contributed by atoms with Crippen LogP contribution in [0.2, 0.25) is 0 Å². The van der Waals surface area contributed by atoms with Crippen LogP contribution in [0.3, 0.4) is 0 Å². The molecule has 0 aliphatic heterocycles. The van der Waals surface area contributed by atoms with Crippen LogP contribution in [0.5, 0.6) is 0 Å². The van der Waals surface area contributed by atoms with Crippen molar-refractivity contribution < 1.29 is 0 Å². The zero-order valence-electron chi connectivity index (χ0n) is 26.9. The molecule has 0 spiro atoms. The minimum Gasteiger partial charge on any atom is -0.0616 e. The first-order valence-electron chi connectivity index (χ1n) is 17.2. The van der Waals surface area contributed by atoms with Gasteiger partial charge < -0.3 is 0 Å². The lowest BCUT2D eigenvalue weighted by Crippen LogP contribution is -1.89. The molecule has 11 rings (SSSR count). The predicted octanol–water partition coefficient (Wildman–Crippen LogP) is 13.5. The molecule has 0 fully saturated rings. The van der Waals surface area contributed by atoms with E-state index in [1.165, 1.54) is 109 Å². The molecule has 0 aromatic heterocycles. The highest BCUT2D eigenvalue weighted by Crippen LogP contribution is 2.46. The van der Waals surface area contributed by atoms with Crippen molar-refractivity contribution in [1.29, 1.82) is 0 Å². The Balaban J connectivity index is 1.05. The van der Waals surface area contributed by atoms with Crippen LogP contribution in [0, 0.1) is 0 Å². The second-order valence-electron chi connectivity index (χ2n) is 13.6. The lowest BCUT2D eigenvalue weighted by Gasteiger charge is -2.14. The minimum absolute atomic E-state index is 0.963. The molecule has 0 saturated heterocycles. The smallest absolute Gasteiger partial charge is 0.000705 e. The summed E-state index contributed by atoms with van der Waals surface area (Å²) >= 11 is 0. The fraction of sp³-hybridized carbons (Fsp3) is 0.0204. The van der Waals surface area contributed by atoms with Crippen molar-refractivity contribution in [3.8, 4) is 33.4 Å². The number of hydrogen-bond acceptors (Lipinski definition) is 0. The Morgan fingerprint density at radius 1 is 0.265 bits per heavy atom. The molecule has 1 aliphatic carbocycles. The fourth-order valence-electron chi connectivity index (χ4n) is 8.82. The highest BCUT2D eigenvalue weighted by Gasteiger charge is 2.23. The van der Waals surface area contributed by atoms with Gasteiger partial charge in [-0.2, -0.15) is 0 Å². The maximum atomic E-state index is 2.43. The zero-order chi connectivity index (χ0) is 32.1.